The van der Waals surface area contributed by atoms with Crippen LogP contribution in [0.1, 0.15) is 80.4 Å². The van der Waals surface area contributed by atoms with Crippen molar-refractivity contribution < 1.29 is 26.7 Å². The van der Waals surface area contributed by atoms with Crippen molar-refractivity contribution in [3.05, 3.63) is 118 Å². The number of carbonyl (C=O) groups is 1. The van der Waals surface area contributed by atoms with Gasteiger partial charge in [-0.15, -0.1) is 0 Å². The number of hydrazine groups is 1. The zero-order valence-corrected chi connectivity index (χ0v) is 26.9. The van der Waals surface area contributed by atoms with Gasteiger partial charge in [-0.25, -0.2) is 23.0 Å². The number of pyridine rings is 1. The Kier molecular flexibility index (Phi) is 11.5. The van der Waals surface area contributed by atoms with E-state index < -0.39 is 11.3 Å². The lowest BCUT2D eigenvalue weighted by atomic mass is 9.58. The second-order valence-corrected chi connectivity index (χ2v) is 12.2. The Morgan fingerprint density at radius 3 is 2.22 bits per heavy atom. The maximum absolute atomic E-state index is 15.2. The number of aromatic nitrogens is 1. The van der Waals surface area contributed by atoms with Crippen LogP contribution in [-0.2, 0) is 5.92 Å². The summed E-state index contributed by atoms with van der Waals surface area (Å²) in [5, 5.41) is 1.80. The number of halogens is 5. The minimum absolute atomic E-state index is 0.117. The van der Waals surface area contributed by atoms with Crippen LogP contribution in [0.5, 0.6) is 0 Å². The Bertz CT molecular complexity index is 1530. The molecular formula is C37H42F5N3O. The second-order valence-electron chi connectivity index (χ2n) is 12.2. The molecule has 0 aliphatic heterocycles. The third-order valence-electron chi connectivity index (χ3n) is 8.75. The summed E-state index contributed by atoms with van der Waals surface area (Å²) in [6.07, 6.45) is 6.56. The Morgan fingerprint density at radius 1 is 1.00 bits per heavy atom. The van der Waals surface area contributed by atoms with Gasteiger partial charge in [0.2, 0.25) is 0 Å². The van der Waals surface area contributed by atoms with E-state index in [0.717, 1.165) is 35.2 Å². The van der Waals surface area contributed by atoms with Crippen LogP contribution < -0.4 is 10.4 Å². The number of fused-ring (bicyclic) bond motifs is 3. The maximum atomic E-state index is 15.2. The first kappa shape index (κ1) is 35.0. The predicted octanol–water partition coefficient (Wildman–Crippen LogP) is 9.82. The molecular weight excluding hydrogens is 597 g/mol. The molecule has 3 aliphatic carbocycles. The van der Waals surface area contributed by atoms with E-state index in [1.54, 1.807) is 43.2 Å². The fourth-order valence-electron chi connectivity index (χ4n) is 6.34. The highest BCUT2D eigenvalue weighted by atomic mass is 19.3. The molecule has 6 rings (SSSR count). The van der Waals surface area contributed by atoms with Gasteiger partial charge in [0.1, 0.15) is 17.3 Å². The average Bonchev–Trinajstić information content (AvgIpc) is 3.06. The summed E-state index contributed by atoms with van der Waals surface area (Å²) >= 11 is 0. The molecule has 0 unspecified atom stereocenters. The number of carbonyl (C=O) groups excluding carboxylic acids is 1. The summed E-state index contributed by atoms with van der Waals surface area (Å²) < 4.78 is 66.7. The molecule has 2 aromatic carbocycles. The number of allylic oxidation sites excluding steroid dienone is 3. The lowest BCUT2D eigenvalue weighted by Crippen LogP contribution is -2.44. The van der Waals surface area contributed by atoms with E-state index in [0.29, 0.717) is 30.9 Å². The number of nitrogens with one attached hydrogen (secondary N) is 1. The Balaban J connectivity index is 0.000000338. The summed E-state index contributed by atoms with van der Waals surface area (Å²) in [5.74, 6) is -3.42. The van der Waals surface area contributed by atoms with Gasteiger partial charge in [0.25, 0.3) is 5.92 Å². The molecule has 4 bridgehead atoms. The van der Waals surface area contributed by atoms with Crippen LogP contribution in [0.4, 0.5) is 27.6 Å². The van der Waals surface area contributed by atoms with Gasteiger partial charge in [0.15, 0.2) is 5.78 Å². The minimum atomic E-state index is -3.08. The van der Waals surface area contributed by atoms with E-state index in [1.165, 1.54) is 42.6 Å². The Labute approximate surface area is 268 Å². The number of rotatable bonds is 4. The molecule has 46 heavy (non-hydrogen) atoms. The number of alkyl halides is 3. The standard InChI is InChI=1S/C27H28F3N3O.C7H7F.C3H7F/c1-17-3-4-19-14-24(33(31-2)22-7-5-21(28)6-8-22)18-9-11-27(29,30)20-10-12-32-23(13-20)25(34)26(19,15-17)16-18;1-6-2-4-7(8)5-3-6;1-2-3-4/h5-8,10,12-14,17,31H,3-4,9,11,15-16H2,1-2H3;2-5H,1H3;2-3H2,1H3/t17-,26+;;/m0../s1. The fourth-order valence-corrected chi connectivity index (χ4v) is 6.34. The van der Waals surface area contributed by atoms with Crippen LogP contribution in [-0.4, -0.2) is 24.5 Å². The molecule has 0 saturated heterocycles. The van der Waals surface area contributed by atoms with E-state index >= 15 is 8.78 Å². The number of hydrogen-bond acceptors (Lipinski definition) is 4. The van der Waals surface area contributed by atoms with Crippen molar-refractivity contribution in [2.75, 3.05) is 18.7 Å². The topological polar surface area (TPSA) is 45.2 Å². The second kappa shape index (κ2) is 15.2. The molecule has 1 spiro atoms. The number of Topliss-reactive ketones (excluding diaryl/α,β-unsaturated/α-hetero) is 1. The molecule has 1 fully saturated rings. The van der Waals surface area contributed by atoms with Gasteiger partial charge in [0.05, 0.1) is 23.5 Å². The van der Waals surface area contributed by atoms with E-state index in [9.17, 15) is 18.0 Å². The number of anilines is 1. The number of benzene rings is 2. The molecule has 1 saturated carbocycles. The molecule has 1 aromatic heterocycles. The van der Waals surface area contributed by atoms with E-state index in [4.69, 9.17) is 0 Å². The van der Waals surface area contributed by atoms with Crippen LogP contribution in [0, 0.1) is 29.9 Å². The number of hydrogen-bond donors (Lipinski definition) is 1. The highest BCUT2D eigenvalue weighted by Gasteiger charge is 2.50. The summed E-state index contributed by atoms with van der Waals surface area (Å²) in [5.41, 5.74) is 6.69. The SMILES string of the molecule is CCCF.CNN(C1=C2CCC(F)(F)c3ccnc(c3)C(=O)[C@@]3(C2)C[C@@H](C)CCC3=C1)c1ccc(F)cc1.Cc1ccc(F)cc1. The van der Waals surface area contributed by atoms with Crippen molar-refractivity contribution in [2.24, 2.45) is 11.3 Å². The smallest absolute Gasteiger partial charge is 0.273 e. The molecule has 9 heteroatoms. The van der Waals surface area contributed by atoms with Gasteiger partial charge < -0.3 is 0 Å². The molecule has 4 nitrogen and oxygen atoms in total. The summed E-state index contributed by atoms with van der Waals surface area (Å²) in [6, 6.07) is 15.0. The Hall–Kier alpha value is -3.85. The van der Waals surface area contributed by atoms with Crippen molar-refractivity contribution >= 4 is 11.5 Å². The normalized spacial score (nSPS) is 21.5. The van der Waals surface area contributed by atoms with Gasteiger partial charge in [-0.2, -0.15) is 0 Å². The first-order valence-electron chi connectivity index (χ1n) is 15.8. The van der Waals surface area contributed by atoms with Crippen LogP contribution in [0.2, 0.25) is 0 Å². The minimum Gasteiger partial charge on any atom is -0.291 e. The van der Waals surface area contributed by atoms with E-state index in [-0.39, 0.29) is 48.2 Å². The summed E-state index contributed by atoms with van der Waals surface area (Å²) in [4.78, 5) is 18.2. The molecule has 2 atom stereocenters. The van der Waals surface area contributed by atoms with Crippen LogP contribution in [0.25, 0.3) is 0 Å². The summed E-state index contributed by atoms with van der Waals surface area (Å²) in [7, 11) is 1.74. The molecule has 0 radical (unpaired) electrons. The third kappa shape index (κ3) is 7.92. The Morgan fingerprint density at radius 2 is 1.63 bits per heavy atom. The predicted molar refractivity (Wildman–Crippen MR) is 172 cm³/mol. The van der Waals surface area contributed by atoms with E-state index in [1.807, 2.05) is 13.0 Å². The number of ketones is 1. The van der Waals surface area contributed by atoms with Crippen molar-refractivity contribution in [3.8, 4) is 0 Å². The molecule has 3 aliphatic rings. The lowest BCUT2D eigenvalue weighted by Gasteiger charge is -2.46. The number of aryl methyl sites for hydroxylation is 1. The van der Waals surface area contributed by atoms with E-state index in [2.05, 4.69) is 17.3 Å². The average molecular weight is 640 g/mol. The quantitative estimate of drug-likeness (QED) is 0.228. The largest absolute Gasteiger partial charge is 0.291 e. The zero-order chi connectivity index (χ0) is 33.5. The first-order chi connectivity index (χ1) is 21.9. The highest BCUT2D eigenvalue weighted by molar-refractivity contribution is 6.02. The monoisotopic (exact) mass is 639 g/mol. The maximum Gasteiger partial charge on any atom is 0.273 e. The van der Waals surface area contributed by atoms with Crippen LogP contribution in [0.15, 0.2) is 89.8 Å². The highest BCUT2D eigenvalue weighted by Crippen LogP contribution is 2.54. The van der Waals surface area contributed by atoms with Crippen molar-refractivity contribution in [2.45, 2.75) is 71.6 Å². The van der Waals surface area contributed by atoms with Gasteiger partial charge in [-0.3, -0.25) is 19.2 Å². The first-order valence-corrected chi connectivity index (χ1v) is 15.8. The molecule has 1 heterocycles. The molecule has 3 aromatic rings. The summed E-state index contributed by atoms with van der Waals surface area (Å²) in [6.45, 7) is 5.70. The molecule has 246 valence electrons. The molecule has 1 N–H and O–H groups in total. The van der Waals surface area contributed by atoms with Crippen molar-refractivity contribution in [1.82, 2.24) is 10.4 Å². The van der Waals surface area contributed by atoms with Crippen molar-refractivity contribution in [3.63, 3.8) is 0 Å². The zero-order valence-electron chi connectivity index (χ0n) is 26.9. The van der Waals surface area contributed by atoms with Gasteiger partial charge in [-0.05, 0) is 112 Å². The van der Waals surface area contributed by atoms with Crippen molar-refractivity contribution in [1.29, 1.82) is 0 Å². The third-order valence-corrected chi connectivity index (χ3v) is 8.75. The number of nitrogens with zero attached hydrogens (tertiary/aromatic N) is 2. The lowest BCUT2D eigenvalue weighted by molar-refractivity contribution is -0.0139. The van der Waals surface area contributed by atoms with Gasteiger partial charge in [-0.1, -0.05) is 37.1 Å². The van der Waals surface area contributed by atoms with Crippen LogP contribution in [0.3, 0.4) is 0 Å². The van der Waals surface area contributed by atoms with Gasteiger partial charge in [0, 0.05) is 25.2 Å². The fraction of sp³-hybridized carbons (Fsp3) is 0.405. The molecule has 0 amide bonds. The van der Waals surface area contributed by atoms with Crippen LogP contribution >= 0.6 is 0 Å². The van der Waals surface area contributed by atoms with Gasteiger partial charge >= 0.3 is 0 Å².